The average Bonchev–Trinajstić information content (AvgIpc) is 3.25. The SMILES string of the molecule is C/C=C\C=C(/C)C(=O)OC1C2CCC(C3Cc4ccccc4C32)C1OC(=O)c1ccccc1. The van der Waals surface area contributed by atoms with Gasteiger partial charge in [0, 0.05) is 17.4 Å². The second-order valence-corrected chi connectivity index (χ2v) is 9.48. The molecule has 6 atom stereocenters. The van der Waals surface area contributed by atoms with Crippen molar-refractivity contribution in [3.05, 3.63) is 95.1 Å². The molecule has 0 aliphatic heterocycles. The number of hydrogen-bond donors (Lipinski definition) is 0. The topological polar surface area (TPSA) is 52.6 Å². The Kier molecular flexibility index (Phi) is 5.92. The summed E-state index contributed by atoms with van der Waals surface area (Å²) in [4.78, 5) is 26.0. The van der Waals surface area contributed by atoms with Gasteiger partial charge in [-0.1, -0.05) is 60.7 Å². The highest BCUT2D eigenvalue weighted by Gasteiger charge is 2.59. The van der Waals surface area contributed by atoms with E-state index < -0.39 is 12.2 Å². The molecule has 3 saturated carbocycles. The molecule has 6 rings (SSSR count). The van der Waals surface area contributed by atoms with Gasteiger partial charge in [-0.3, -0.25) is 0 Å². The third-order valence-corrected chi connectivity index (χ3v) is 7.70. The third kappa shape index (κ3) is 3.92. The van der Waals surface area contributed by atoms with Crippen molar-refractivity contribution in [2.45, 2.75) is 51.2 Å². The number of esters is 2. The van der Waals surface area contributed by atoms with Crippen LogP contribution in [-0.2, 0) is 20.7 Å². The van der Waals surface area contributed by atoms with Crippen LogP contribution in [0.2, 0.25) is 0 Å². The molecule has 0 heterocycles. The summed E-state index contributed by atoms with van der Waals surface area (Å²) >= 11 is 0. The Hall–Kier alpha value is -3.14. The molecule has 3 fully saturated rings. The fraction of sp³-hybridized carbons (Fsp3) is 0.379. The Bertz CT molecular complexity index is 1100. The molecule has 0 amide bonds. The van der Waals surface area contributed by atoms with E-state index in [4.69, 9.17) is 9.47 Å². The first-order valence-corrected chi connectivity index (χ1v) is 11.9. The molecule has 33 heavy (non-hydrogen) atoms. The molecule has 2 aromatic carbocycles. The molecule has 4 nitrogen and oxygen atoms in total. The smallest absolute Gasteiger partial charge is 0.338 e. The van der Waals surface area contributed by atoms with Crippen LogP contribution in [0.1, 0.15) is 54.1 Å². The fourth-order valence-electron chi connectivity index (χ4n) is 6.26. The molecule has 2 aromatic rings. The second-order valence-electron chi connectivity index (χ2n) is 9.48. The molecular weight excluding hydrogens is 412 g/mol. The number of hydrogen-bond acceptors (Lipinski definition) is 4. The van der Waals surface area contributed by atoms with Crippen molar-refractivity contribution in [3.63, 3.8) is 0 Å². The molecule has 0 spiro atoms. The van der Waals surface area contributed by atoms with Crippen LogP contribution in [0.15, 0.2) is 78.4 Å². The van der Waals surface area contributed by atoms with Crippen molar-refractivity contribution in [1.29, 1.82) is 0 Å². The van der Waals surface area contributed by atoms with Gasteiger partial charge >= 0.3 is 11.9 Å². The molecule has 170 valence electrons. The van der Waals surface area contributed by atoms with Crippen LogP contribution >= 0.6 is 0 Å². The predicted molar refractivity (Wildman–Crippen MR) is 127 cm³/mol. The van der Waals surface area contributed by atoms with Gasteiger partial charge in [0.05, 0.1) is 5.56 Å². The lowest BCUT2D eigenvalue weighted by Gasteiger charge is -2.53. The average molecular weight is 443 g/mol. The van der Waals surface area contributed by atoms with Gasteiger partial charge in [0.15, 0.2) is 0 Å². The number of fused-ring (bicyclic) bond motifs is 3. The Morgan fingerprint density at radius 1 is 0.879 bits per heavy atom. The van der Waals surface area contributed by atoms with Crippen LogP contribution in [0, 0.1) is 17.8 Å². The first-order chi connectivity index (χ1) is 16.1. The van der Waals surface area contributed by atoms with Crippen molar-refractivity contribution in [3.8, 4) is 0 Å². The van der Waals surface area contributed by atoms with Gasteiger partial charge in [-0.05, 0) is 68.2 Å². The highest BCUT2D eigenvalue weighted by Crippen LogP contribution is 2.59. The Labute approximate surface area is 195 Å². The van der Waals surface area contributed by atoms with Gasteiger partial charge in [-0.2, -0.15) is 0 Å². The monoisotopic (exact) mass is 442 g/mol. The fourth-order valence-corrected chi connectivity index (χ4v) is 6.26. The second kappa shape index (κ2) is 9.01. The molecular formula is C29H30O4. The molecule has 0 N–H and O–H groups in total. The summed E-state index contributed by atoms with van der Waals surface area (Å²) < 4.78 is 12.3. The van der Waals surface area contributed by atoms with E-state index >= 15 is 0 Å². The number of rotatable bonds is 5. The third-order valence-electron chi connectivity index (χ3n) is 7.70. The van der Waals surface area contributed by atoms with Crippen LogP contribution in [-0.4, -0.2) is 24.1 Å². The zero-order valence-electron chi connectivity index (χ0n) is 19.1. The standard InChI is InChI=1S/C29H30O4/c1-3-4-10-18(2)28(30)32-27-23-16-15-22(24-17-20-13-8-9-14-21(20)25(23)24)26(27)33-29(31)19-11-6-5-7-12-19/h3-14,22-27H,15-17H2,1-2H3/b4-3-,18-10+. The van der Waals surface area contributed by atoms with Crippen molar-refractivity contribution in [2.24, 2.45) is 17.8 Å². The number of carbonyl (C=O) groups excluding carboxylic acids is 2. The minimum Gasteiger partial charge on any atom is -0.455 e. The van der Waals surface area contributed by atoms with Crippen LogP contribution in [0.4, 0.5) is 0 Å². The Morgan fingerprint density at radius 2 is 1.58 bits per heavy atom. The molecule has 6 unspecified atom stereocenters. The van der Waals surface area contributed by atoms with E-state index in [-0.39, 0.29) is 23.8 Å². The predicted octanol–water partition coefficient (Wildman–Crippen LogP) is 5.64. The maximum Gasteiger partial charge on any atom is 0.338 e. The number of benzene rings is 2. The van der Waals surface area contributed by atoms with Crippen molar-refractivity contribution in [1.82, 2.24) is 0 Å². The van der Waals surface area contributed by atoms with Crippen LogP contribution in [0.25, 0.3) is 0 Å². The van der Waals surface area contributed by atoms with E-state index in [1.165, 1.54) is 11.1 Å². The van der Waals surface area contributed by atoms with Crippen LogP contribution in [0.5, 0.6) is 0 Å². The van der Waals surface area contributed by atoms with Crippen LogP contribution < -0.4 is 0 Å². The normalized spacial score (nSPS) is 30.1. The molecule has 0 saturated heterocycles. The lowest BCUT2D eigenvalue weighted by molar-refractivity contribution is -0.182. The zero-order chi connectivity index (χ0) is 22.9. The van der Waals surface area contributed by atoms with Gasteiger partial charge < -0.3 is 9.47 Å². The summed E-state index contributed by atoms with van der Waals surface area (Å²) in [6.07, 6.45) is 7.59. The molecule has 0 radical (unpaired) electrons. The summed E-state index contributed by atoms with van der Waals surface area (Å²) in [5.41, 5.74) is 3.84. The van der Waals surface area contributed by atoms with Crippen molar-refractivity contribution < 1.29 is 19.1 Å². The van der Waals surface area contributed by atoms with Crippen LogP contribution in [0.3, 0.4) is 0 Å². The van der Waals surface area contributed by atoms with E-state index in [1.54, 1.807) is 25.1 Å². The molecule has 4 aliphatic rings. The van der Waals surface area contributed by atoms with E-state index in [1.807, 2.05) is 37.3 Å². The minimum atomic E-state index is -0.440. The lowest BCUT2D eigenvalue weighted by atomic mass is 9.56. The largest absolute Gasteiger partial charge is 0.455 e. The zero-order valence-corrected chi connectivity index (χ0v) is 19.1. The highest BCUT2D eigenvalue weighted by molar-refractivity contribution is 5.90. The Morgan fingerprint density at radius 3 is 2.36 bits per heavy atom. The Balaban J connectivity index is 1.47. The molecule has 2 bridgehead atoms. The van der Waals surface area contributed by atoms with E-state index in [9.17, 15) is 9.59 Å². The minimum absolute atomic E-state index is 0.149. The summed E-state index contributed by atoms with van der Waals surface area (Å²) in [6, 6.07) is 17.7. The van der Waals surface area contributed by atoms with Gasteiger partial charge in [-0.15, -0.1) is 0 Å². The lowest BCUT2D eigenvalue weighted by Crippen LogP contribution is -2.58. The molecule has 4 heteroatoms. The number of ether oxygens (including phenoxy) is 2. The highest BCUT2D eigenvalue weighted by atomic mass is 16.6. The van der Waals surface area contributed by atoms with E-state index in [0.29, 0.717) is 23.0 Å². The molecule has 0 aromatic heterocycles. The van der Waals surface area contributed by atoms with Gasteiger partial charge in [0.1, 0.15) is 12.2 Å². The molecule has 4 aliphatic carbocycles. The van der Waals surface area contributed by atoms with E-state index in [0.717, 1.165) is 19.3 Å². The van der Waals surface area contributed by atoms with Crippen molar-refractivity contribution >= 4 is 11.9 Å². The summed E-state index contributed by atoms with van der Waals surface area (Å²) in [5.74, 6) is 0.415. The summed E-state index contributed by atoms with van der Waals surface area (Å²) in [5, 5.41) is 0. The van der Waals surface area contributed by atoms with Gasteiger partial charge in [0.25, 0.3) is 0 Å². The van der Waals surface area contributed by atoms with Gasteiger partial charge in [-0.25, -0.2) is 9.59 Å². The number of allylic oxidation sites excluding steroid dienone is 3. The maximum atomic E-state index is 13.0. The number of carbonyl (C=O) groups is 2. The van der Waals surface area contributed by atoms with E-state index in [2.05, 4.69) is 24.3 Å². The maximum absolute atomic E-state index is 13.0. The van der Waals surface area contributed by atoms with Crippen molar-refractivity contribution in [2.75, 3.05) is 0 Å². The summed E-state index contributed by atoms with van der Waals surface area (Å²) in [7, 11) is 0. The summed E-state index contributed by atoms with van der Waals surface area (Å²) in [6.45, 7) is 3.67. The first kappa shape index (κ1) is 21.7. The van der Waals surface area contributed by atoms with Gasteiger partial charge in [0.2, 0.25) is 0 Å². The quantitative estimate of drug-likeness (QED) is 0.341. The first-order valence-electron chi connectivity index (χ1n) is 11.9.